The quantitative estimate of drug-likeness (QED) is 0.878. The van der Waals surface area contributed by atoms with Crippen molar-refractivity contribution in [1.29, 1.82) is 0 Å². The summed E-state index contributed by atoms with van der Waals surface area (Å²) >= 11 is 0. The highest BCUT2D eigenvalue weighted by molar-refractivity contribution is 5.98. The second-order valence-corrected chi connectivity index (χ2v) is 4.82. The maximum Gasteiger partial charge on any atom is 0.335 e. The first-order valence-electron chi connectivity index (χ1n) is 6.37. The van der Waals surface area contributed by atoms with Crippen LogP contribution in [0.2, 0.25) is 0 Å². The first-order chi connectivity index (χ1) is 9.65. The minimum Gasteiger partial charge on any atom is -0.478 e. The highest BCUT2D eigenvalue weighted by atomic mass is 16.4. The maximum absolute atomic E-state index is 12.1. The van der Waals surface area contributed by atoms with Crippen LogP contribution in [0.3, 0.4) is 0 Å². The highest BCUT2D eigenvalue weighted by Crippen LogP contribution is 2.26. The summed E-state index contributed by atoms with van der Waals surface area (Å²) in [6, 6.07) is 14.2. The average molecular weight is 267 g/mol. The number of carbonyl (C=O) groups excluding carboxylic acids is 1. The summed E-state index contributed by atoms with van der Waals surface area (Å²) in [5.41, 5.74) is 2.57. The summed E-state index contributed by atoms with van der Waals surface area (Å²) in [4.78, 5) is 23.1. The smallest absolute Gasteiger partial charge is 0.335 e. The van der Waals surface area contributed by atoms with Crippen LogP contribution in [0.1, 0.15) is 37.9 Å². The zero-order valence-corrected chi connectivity index (χ0v) is 10.7. The number of aromatic carboxylic acids is 1. The Morgan fingerprint density at radius 3 is 2.60 bits per heavy atom. The van der Waals surface area contributed by atoms with Crippen molar-refractivity contribution in [3.63, 3.8) is 0 Å². The second kappa shape index (κ2) is 4.81. The first-order valence-corrected chi connectivity index (χ1v) is 6.37. The van der Waals surface area contributed by atoms with E-state index >= 15 is 0 Å². The molecule has 1 heterocycles. The van der Waals surface area contributed by atoms with Crippen LogP contribution < -0.4 is 5.32 Å². The van der Waals surface area contributed by atoms with Crippen molar-refractivity contribution in [3.05, 3.63) is 70.8 Å². The number of carboxylic acids is 1. The van der Waals surface area contributed by atoms with Crippen LogP contribution in [-0.4, -0.2) is 17.0 Å². The van der Waals surface area contributed by atoms with Gasteiger partial charge in [0, 0.05) is 5.56 Å². The predicted octanol–water partition coefficient (Wildman–Crippen LogP) is 2.41. The molecule has 4 heteroatoms. The summed E-state index contributed by atoms with van der Waals surface area (Å²) in [5.74, 6) is -1.13. The molecule has 2 aromatic carbocycles. The number of fused-ring (bicyclic) bond motifs is 1. The van der Waals surface area contributed by atoms with E-state index in [1.54, 1.807) is 12.1 Å². The fraction of sp³-hybridized carbons (Fsp3) is 0.125. The van der Waals surface area contributed by atoms with Crippen molar-refractivity contribution < 1.29 is 14.7 Å². The Morgan fingerprint density at radius 1 is 1.15 bits per heavy atom. The van der Waals surface area contributed by atoms with Gasteiger partial charge in [-0.15, -0.1) is 0 Å². The Labute approximate surface area is 116 Å². The third-order valence-corrected chi connectivity index (χ3v) is 3.53. The second-order valence-electron chi connectivity index (χ2n) is 4.82. The molecule has 20 heavy (non-hydrogen) atoms. The SMILES string of the molecule is O=C(O)c1ccc2c(c1)C[C@H](c1ccccc1)NC2=O. The van der Waals surface area contributed by atoms with Crippen molar-refractivity contribution in [2.75, 3.05) is 0 Å². The third kappa shape index (κ3) is 2.16. The number of nitrogens with one attached hydrogen (secondary N) is 1. The molecule has 0 radical (unpaired) electrons. The molecule has 0 aromatic heterocycles. The zero-order valence-electron chi connectivity index (χ0n) is 10.7. The van der Waals surface area contributed by atoms with E-state index < -0.39 is 5.97 Å². The third-order valence-electron chi connectivity index (χ3n) is 3.53. The Morgan fingerprint density at radius 2 is 1.90 bits per heavy atom. The van der Waals surface area contributed by atoms with Gasteiger partial charge in [-0.25, -0.2) is 4.79 Å². The Kier molecular flexibility index (Phi) is 2.99. The van der Waals surface area contributed by atoms with Crippen molar-refractivity contribution in [2.45, 2.75) is 12.5 Å². The zero-order chi connectivity index (χ0) is 14.1. The molecule has 0 bridgehead atoms. The number of rotatable bonds is 2. The molecule has 0 unspecified atom stereocenters. The van der Waals surface area contributed by atoms with Crippen molar-refractivity contribution >= 4 is 11.9 Å². The van der Waals surface area contributed by atoms with Gasteiger partial charge in [-0.3, -0.25) is 4.79 Å². The van der Waals surface area contributed by atoms with Crippen molar-refractivity contribution in [1.82, 2.24) is 5.32 Å². The van der Waals surface area contributed by atoms with Gasteiger partial charge in [0.15, 0.2) is 0 Å². The lowest BCUT2D eigenvalue weighted by Gasteiger charge is -2.26. The van der Waals surface area contributed by atoms with E-state index in [1.165, 1.54) is 6.07 Å². The summed E-state index contributed by atoms with van der Waals surface area (Å²) in [6.07, 6.45) is 0.603. The van der Waals surface area contributed by atoms with Gasteiger partial charge < -0.3 is 10.4 Å². The molecule has 1 atom stereocenters. The molecule has 2 N–H and O–H groups in total. The van der Waals surface area contributed by atoms with Crippen molar-refractivity contribution in [2.24, 2.45) is 0 Å². The van der Waals surface area contributed by atoms with E-state index in [4.69, 9.17) is 5.11 Å². The van der Waals surface area contributed by atoms with Gasteiger partial charge in [0.05, 0.1) is 11.6 Å². The maximum atomic E-state index is 12.1. The van der Waals surface area contributed by atoms with Gasteiger partial charge >= 0.3 is 5.97 Å². The molecule has 0 saturated heterocycles. The monoisotopic (exact) mass is 267 g/mol. The number of amides is 1. The fourth-order valence-electron chi connectivity index (χ4n) is 2.51. The largest absolute Gasteiger partial charge is 0.478 e. The van der Waals surface area contributed by atoms with Gasteiger partial charge in [-0.2, -0.15) is 0 Å². The molecule has 1 amide bonds. The molecule has 2 aromatic rings. The van der Waals surface area contributed by atoms with Crippen LogP contribution in [0.25, 0.3) is 0 Å². The molecular weight excluding hydrogens is 254 g/mol. The van der Waals surface area contributed by atoms with Crippen LogP contribution in [0.5, 0.6) is 0 Å². The summed E-state index contributed by atoms with van der Waals surface area (Å²) in [7, 11) is 0. The van der Waals surface area contributed by atoms with E-state index in [2.05, 4.69) is 5.32 Å². The van der Waals surface area contributed by atoms with E-state index in [0.717, 1.165) is 11.1 Å². The molecule has 0 saturated carbocycles. The fourth-order valence-corrected chi connectivity index (χ4v) is 2.51. The van der Waals surface area contributed by atoms with Gasteiger partial charge in [-0.1, -0.05) is 30.3 Å². The van der Waals surface area contributed by atoms with Gasteiger partial charge in [0.2, 0.25) is 0 Å². The summed E-state index contributed by atoms with van der Waals surface area (Å²) < 4.78 is 0. The number of benzene rings is 2. The Balaban J connectivity index is 1.99. The van der Waals surface area contributed by atoms with Crippen LogP contribution in [0.4, 0.5) is 0 Å². The molecule has 0 spiro atoms. The van der Waals surface area contributed by atoms with Crippen LogP contribution >= 0.6 is 0 Å². The topological polar surface area (TPSA) is 66.4 Å². The predicted molar refractivity (Wildman–Crippen MR) is 73.8 cm³/mol. The summed E-state index contributed by atoms with van der Waals surface area (Å²) in [5, 5.41) is 12.0. The Hall–Kier alpha value is -2.62. The number of carbonyl (C=O) groups is 2. The first kappa shape index (κ1) is 12.4. The van der Waals surface area contributed by atoms with Gasteiger partial charge in [-0.05, 0) is 35.7 Å². The molecule has 3 rings (SSSR count). The van der Waals surface area contributed by atoms with Gasteiger partial charge in [0.1, 0.15) is 0 Å². The van der Waals surface area contributed by atoms with E-state index in [0.29, 0.717) is 12.0 Å². The minimum atomic E-state index is -0.977. The van der Waals surface area contributed by atoms with Crippen LogP contribution in [0.15, 0.2) is 48.5 Å². The van der Waals surface area contributed by atoms with E-state index in [1.807, 2.05) is 30.3 Å². The standard InChI is InChI=1S/C16H13NO3/c18-15-13-7-6-11(16(19)20)8-12(13)9-14(17-15)10-4-2-1-3-5-10/h1-8,14H,9H2,(H,17,18)(H,19,20)/t14-/m1/s1. The number of hydrogen-bond acceptors (Lipinski definition) is 2. The van der Waals surface area contributed by atoms with Crippen LogP contribution in [0, 0.1) is 0 Å². The number of hydrogen-bond donors (Lipinski definition) is 2. The molecule has 1 aliphatic heterocycles. The molecule has 100 valence electrons. The lowest BCUT2D eigenvalue weighted by atomic mass is 9.90. The molecule has 0 fully saturated rings. The Bertz CT molecular complexity index is 679. The minimum absolute atomic E-state index is 0.111. The number of carboxylic acid groups (broad SMARTS) is 1. The molecule has 4 nitrogen and oxygen atoms in total. The van der Waals surface area contributed by atoms with Gasteiger partial charge in [0.25, 0.3) is 5.91 Å². The average Bonchev–Trinajstić information content (AvgIpc) is 2.47. The normalized spacial score (nSPS) is 17.2. The molecular formula is C16H13NO3. The van der Waals surface area contributed by atoms with E-state index in [9.17, 15) is 9.59 Å². The lowest BCUT2D eigenvalue weighted by Crippen LogP contribution is -2.35. The molecule has 0 aliphatic carbocycles. The lowest BCUT2D eigenvalue weighted by molar-refractivity contribution is 0.0695. The van der Waals surface area contributed by atoms with Crippen molar-refractivity contribution in [3.8, 4) is 0 Å². The van der Waals surface area contributed by atoms with Crippen LogP contribution in [-0.2, 0) is 6.42 Å². The molecule has 1 aliphatic rings. The van der Waals surface area contributed by atoms with E-state index in [-0.39, 0.29) is 17.5 Å². The summed E-state index contributed by atoms with van der Waals surface area (Å²) in [6.45, 7) is 0. The highest BCUT2D eigenvalue weighted by Gasteiger charge is 2.25.